The molecule has 0 spiro atoms. The minimum Gasteiger partial charge on any atom is -0.507 e. The molecule has 0 radical (unpaired) electrons. The second-order valence-corrected chi connectivity index (χ2v) is 3.44. The average Bonchev–Trinajstić information content (AvgIpc) is 2.25. The third-order valence-corrected chi connectivity index (χ3v) is 2.43. The van der Waals surface area contributed by atoms with Crippen molar-refractivity contribution in [2.24, 2.45) is 0 Å². The summed E-state index contributed by atoms with van der Waals surface area (Å²) >= 11 is 0. The van der Waals surface area contributed by atoms with Crippen LogP contribution in [0.1, 0.15) is 17.5 Å². The Hall–Kier alpha value is -1.16. The summed E-state index contributed by atoms with van der Waals surface area (Å²) in [5, 5.41) is 12.3. The molecule has 1 heterocycles. The minimum atomic E-state index is -2.93. The summed E-state index contributed by atoms with van der Waals surface area (Å²) in [6, 6.07) is 4.50. The van der Waals surface area contributed by atoms with Gasteiger partial charge in [-0.15, -0.1) is 0 Å². The lowest BCUT2D eigenvalue weighted by Crippen LogP contribution is -2.17. The van der Waals surface area contributed by atoms with E-state index in [-0.39, 0.29) is 24.3 Å². The number of phenols is 1. The summed E-state index contributed by atoms with van der Waals surface area (Å²) in [7, 11) is 0. The number of hydrogen-bond donors (Lipinski definition) is 2. The van der Waals surface area contributed by atoms with Crippen molar-refractivity contribution < 1.29 is 13.9 Å². The molecule has 76 valence electrons. The quantitative estimate of drug-likeness (QED) is 0.669. The van der Waals surface area contributed by atoms with Crippen molar-refractivity contribution in [3.63, 3.8) is 0 Å². The number of hydrogen-bond acceptors (Lipinski definition) is 2. The van der Waals surface area contributed by atoms with E-state index >= 15 is 0 Å². The number of benzene rings is 1. The normalized spacial score (nSPS) is 19.9. The first-order chi connectivity index (χ1) is 6.61. The van der Waals surface area contributed by atoms with E-state index in [4.69, 9.17) is 0 Å². The minimum absolute atomic E-state index is 0.218. The summed E-state index contributed by atoms with van der Waals surface area (Å²) in [5.41, 5.74) is 0.262. The first-order valence-electron chi connectivity index (χ1n) is 4.51. The van der Waals surface area contributed by atoms with Crippen LogP contribution < -0.4 is 5.32 Å². The zero-order valence-corrected chi connectivity index (χ0v) is 7.56. The standard InChI is InChI=1S/C10H11F2NO/c11-10(12)4-5-13-6-7-2-1-3-8(14)9(7)10/h1-3,13-14H,4-6H2. The number of aromatic hydroxyl groups is 1. The van der Waals surface area contributed by atoms with Gasteiger partial charge < -0.3 is 10.4 Å². The van der Waals surface area contributed by atoms with Crippen molar-refractivity contribution in [1.82, 2.24) is 5.32 Å². The first-order valence-corrected chi connectivity index (χ1v) is 4.51. The topological polar surface area (TPSA) is 32.3 Å². The van der Waals surface area contributed by atoms with Crippen molar-refractivity contribution in [2.45, 2.75) is 18.9 Å². The molecule has 0 fully saturated rings. The van der Waals surface area contributed by atoms with Gasteiger partial charge in [0.2, 0.25) is 0 Å². The van der Waals surface area contributed by atoms with Crippen molar-refractivity contribution in [3.05, 3.63) is 29.3 Å². The molecule has 2 rings (SSSR count). The molecular weight excluding hydrogens is 188 g/mol. The molecule has 1 aliphatic rings. The second kappa shape index (κ2) is 3.20. The lowest BCUT2D eigenvalue weighted by Gasteiger charge is -2.17. The van der Waals surface area contributed by atoms with Crippen molar-refractivity contribution in [3.8, 4) is 5.75 Å². The van der Waals surface area contributed by atoms with Gasteiger partial charge in [-0.1, -0.05) is 12.1 Å². The van der Waals surface area contributed by atoms with E-state index < -0.39 is 5.92 Å². The van der Waals surface area contributed by atoms with Crippen LogP contribution in [0.25, 0.3) is 0 Å². The number of rotatable bonds is 0. The molecule has 0 bridgehead atoms. The smallest absolute Gasteiger partial charge is 0.278 e. The third kappa shape index (κ3) is 1.46. The monoisotopic (exact) mass is 199 g/mol. The van der Waals surface area contributed by atoms with Gasteiger partial charge in [0.15, 0.2) is 0 Å². The van der Waals surface area contributed by atoms with E-state index in [2.05, 4.69) is 5.32 Å². The Kier molecular flexibility index (Phi) is 2.15. The summed E-state index contributed by atoms with van der Waals surface area (Å²) in [6.45, 7) is 0.653. The van der Waals surface area contributed by atoms with Gasteiger partial charge in [0.25, 0.3) is 5.92 Å². The maximum Gasteiger partial charge on any atom is 0.278 e. The van der Waals surface area contributed by atoms with Gasteiger partial charge in [-0.2, -0.15) is 0 Å². The maximum absolute atomic E-state index is 13.5. The van der Waals surface area contributed by atoms with Crippen LogP contribution >= 0.6 is 0 Å². The van der Waals surface area contributed by atoms with E-state index in [0.29, 0.717) is 12.1 Å². The molecule has 0 amide bonds. The Morgan fingerprint density at radius 1 is 1.36 bits per heavy atom. The summed E-state index contributed by atoms with van der Waals surface area (Å²) in [5.74, 6) is -3.24. The van der Waals surface area contributed by atoms with Gasteiger partial charge in [0, 0.05) is 19.5 Å². The summed E-state index contributed by atoms with van der Waals surface area (Å²) < 4.78 is 27.0. The zero-order valence-electron chi connectivity index (χ0n) is 7.56. The van der Waals surface area contributed by atoms with Crippen LogP contribution in [0, 0.1) is 0 Å². The Bertz CT molecular complexity index is 352. The van der Waals surface area contributed by atoms with Crippen molar-refractivity contribution in [2.75, 3.05) is 6.54 Å². The van der Waals surface area contributed by atoms with E-state index in [0.717, 1.165) is 0 Å². The highest BCUT2D eigenvalue weighted by Crippen LogP contribution is 2.40. The Balaban J connectivity index is 2.58. The van der Waals surface area contributed by atoms with Crippen LogP contribution in [0.15, 0.2) is 18.2 Å². The van der Waals surface area contributed by atoms with E-state index in [1.807, 2.05) is 0 Å². The number of phenolic OH excluding ortho intramolecular Hbond substituents is 1. The van der Waals surface area contributed by atoms with E-state index in [1.54, 1.807) is 12.1 Å². The summed E-state index contributed by atoms with van der Waals surface area (Å²) in [6.07, 6.45) is -0.266. The molecule has 1 aromatic rings. The van der Waals surface area contributed by atoms with Gasteiger partial charge in [-0.05, 0) is 11.6 Å². The number of nitrogens with one attached hydrogen (secondary N) is 1. The van der Waals surface area contributed by atoms with Gasteiger partial charge in [-0.25, -0.2) is 8.78 Å². The molecule has 4 heteroatoms. The highest BCUT2D eigenvalue weighted by atomic mass is 19.3. The summed E-state index contributed by atoms with van der Waals surface area (Å²) in [4.78, 5) is 0. The Morgan fingerprint density at radius 3 is 2.93 bits per heavy atom. The van der Waals surface area contributed by atoms with Crippen LogP contribution in [0.3, 0.4) is 0 Å². The van der Waals surface area contributed by atoms with E-state index in [1.165, 1.54) is 6.07 Å². The predicted octanol–water partition coefficient (Wildman–Crippen LogP) is 1.98. The van der Waals surface area contributed by atoms with Gasteiger partial charge in [-0.3, -0.25) is 0 Å². The average molecular weight is 199 g/mol. The molecule has 0 saturated carbocycles. The fraction of sp³-hybridized carbons (Fsp3) is 0.400. The maximum atomic E-state index is 13.5. The molecule has 2 nitrogen and oxygen atoms in total. The first kappa shape index (κ1) is 9.40. The zero-order chi connectivity index (χ0) is 10.2. The molecule has 14 heavy (non-hydrogen) atoms. The van der Waals surface area contributed by atoms with Crippen LogP contribution in [-0.4, -0.2) is 11.7 Å². The number of halogens is 2. The van der Waals surface area contributed by atoms with Crippen LogP contribution in [-0.2, 0) is 12.5 Å². The van der Waals surface area contributed by atoms with Gasteiger partial charge >= 0.3 is 0 Å². The molecule has 1 aromatic carbocycles. The Morgan fingerprint density at radius 2 is 2.14 bits per heavy atom. The molecule has 1 aliphatic heterocycles. The highest BCUT2D eigenvalue weighted by Gasteiger charge is 2.37. The lowest BCUT2D eigenvalue weighted by atomic mass is 9.99. The number of alkyl halides is 2. The molecular formula is C10H11F2NO. The lowest BCUT2D eigenvalue weighted by molar-refractivity contribution is -0.0126. The predicted molar refractivity (Wildman–Crippen MR) is 48.3 cm³/mol. The molecule has 2 N–H and O–H groups in total. The van der Waals surface area contributed by atoms with Crippen LogP contribution in [0.4, 0.5) is 8.78 Å². The van der Waals surface area contributed by atoms with Crippen LogP contribution in [0.5, 0.6) is 5.75 Å². The Labute approximate surface area is 80.6 Å². The van der Waals surface area contributed by atoms with Crippen LogP contribution in [0.2, 0.25) is 0 Å². The highest BCUT2D eigenvalue weighted by molar-refractivity contribution is 5.43. The molecule has 0 atom stereocenters. The molecule has 0 unspecified atom stereocenters. The largest absolute Gasteiger partial charge is 0.507 e. The fourth-order valence-electron chi connectivity index (χ4n) is 1.75. The fourth-order valence-corrected chi connectivity index (χ4v) is 1.75. The second-order valence-electron chi connectivity index (χ2n) is 3.44. The molecule has 0 saturated heterocycles. The molecule has 0 aromatic heterocycles. The van der Waals surface area contributed by atoms with Crippen molar-refractivity contribution >= 4 is 0 Å². The van der Waals surface area contributed by atoms with Gasteiger partial charge in [0.05, 0.1) is 5.56 Å². The third-order valence-electron chi connectivity index (χ3n) is 2.43. The SMILES string of the molecule is Oc1cccc2c1C(F)(F)CCNC2. The van der Waals surface area contributed by atoms with Crippen molar-refractivity contribution in [1.29, 1.82) is 0 Å². The molecule has 0 aliphatic carbocycles. The number of fused-ring (bicyclic) bond motifs is 1. The van der Waals surface area contributed by atoms with E-state index in [9.17, 15) is 13.9 Å². The van der Waals surface area contributed by atoms with Gasteiger partial charge in [0.1, 0.15) is 5.75 Å².